The fraction of sp³-hybridized carbons (Fsp3) is 0.571. The summed E-state index contributed by atoms with van der Waals surface area (Å²) >= 11 is 0. The lowest BCUT2D eigenvalue weighted by molar-refractivity contribution is 0.198. The van der Waals surface area contributed by atoms with Gasteiger partial charge in [-0.1, -0.05) is 37.1 Å². The second-order valence-electron chi connectivity index (χ2n) is 4.94. The lowest BCUT2D eigenvalue weighted by Crippen LogP contribution is -2.45. The molecule has 0 aromatic heterocycles. The van der Waals surface area contributed by atoms with E-state index < -0.39 is 0 Å². The van der Waals surface area contributed by atoms with E-state index in [2.05, 4.69) is 39.0 Å². The number of aryl methyl sites for hydroxylation is 2. The van der Waals surface area contributed by atoms with Crippen LogP contribution in [0.5, 0.6) is 0 Å². The highest BCUT2D eigenvalue weighted by atomic mass is 14.7. The van der Waals surface area contributed by atoms with Crippen molar-refractivity contribution in [3.63, 3.8) is 0 Å². The number of hydrogen-bond acceptors (Lipinski definition) is 1. The fourth-order valence-electron chi connectivity index (χ4n) is 2.93. The number of hydrogen-bond donors (Lipinski definition) is 1. The molecule has 1 aromatic carbocycles. The minimum atomic E-state index is 0.431. The van der Waals surface area contributed by atoms with Crippen LogP contribution in [0.1, 0.15) is 42.4 Å². The van der Waals surface area contributed by atoms with Gasteiger partial charge in [0.15, 0.2) is 0 Å². The summed E-state index contributed by atoms with van der Waals surface area (Å²) in [6.07, 6.45) is 2.38. The molecule has 1 heteroatoms. The van der Waals surface area contributed by atoms with Crippen molar-refractivity contribution in [3.8, 4) is 0 Å². The summed E-state index contributed by atoms with van der Waals surface area (Å²) in [4.78, 5) is 0. The summed E-state index contributed by atoms with van der Waals surface area (Å²) in [6.45, 7) is 6.62. The van der Waals surface area contributed by atoms with Gasteiger partial charge in [0.2, 0.25) is 0 Å². The number of benzene rings is 1. The molecule has 2 N–H and O–H groups in total. The maximum absolute atomic E-state index is 6.04. The third-order valence-corrected chi connectivity index (χ3v) is 3.89. The topological polar surface area (TPSA) is 26.0 Å². The summed E-state index contributed by atoms with van der Waals surface area (Å²) in [5.74, 6) is 1.41. The van der Waals surface area contributed by atoms with Gasteiger partial charge in [0.25, 0.3) is 0 Å². The molecule has 2 rings (SSSR count). The smallest absolute Gasteiger partial charge is 0.00788 e. The summed E-state index contributed by atoms with van der Waals surface area (Å²) in [6, 6.07) is 7.23. The first kappa shape index (κ1) is 10.7. The van der Waals surface area contributed by atoms with Gasteiger partial charge in [-0.25, -0.2) is 0 Å². The molecular formula is C14H21N. The molecule has 1 fully saturated rings. The largest absolute Gasteiger partial charge is 0.327 e. The zero-order valence-electron chi connectivity index (χ0n) is 9.96. The first-order valence-electron chi connectivity index (χ1n) is 5.96. The van der Waals surface area contributed by atoms with Gasteiger partial charge in [-0.2, -0.15) is 0 Å². The summed E-state index contributed by atoms with van der Waals surface area (Å²) in [7, 11) is 0. The predicted molar refractivity (Wildman–Crippen MR) is 65.0 cm³/mol. The molecule has 0 saturated heterocycles. The van der Waals surface area contributed by atoms with E-state index in [4.69, 9.17) is 5.73 Å². The first-order chi connectivity index (χ1) is 7.13. The van der Waals surface area contributed by atoms with Crippen LogP contribution < -0.4 is 5.73 Å². The van der Waals surface area contributed by atoms with E-state index in [0.29, 0.717) is 17.9 Å². The Hall–Kier alpha value is -0.820. The van der Waals surface area contributed by atoms with E-state index in [1.807, 2.05) is 0 Å². The highest BCUT2D eigenvalue weighted by Gasteiger charge is 2.38. The normalized spacial score (nSPS) is 30.0. The molecule has 1 aliphatic carbocycles. The van der Waals surface area contributed by atoms with Crippen LogP contribution in [0.25, 0.3) is 0 Å². The molecule has 3 unspecified atom stereocenters. The van der Waals surface area contributed by atoms with Gasteiger partial charge in [-0.15, -0.1) is 0 Å². The van der Waals surface area contributed by atoms with Gasteiger partial charge >= 0.3 is 0 Å². The van der Waals surface area contributed by atoms with Crippen LogP contribution in [-0.4, -0.2) is 6.04 Å². The third kappa shape index (κ3) is 1.81. The maximum atomic E-state index is 6.04. The van der Waals surface area contributed by atoms with E-state index in [9.17, 15) is 0 Å². The van der Waals surface area contributed by atoms with E-state index in [0.717, 1.165) is 0 Å². The Kier molecular flexibility index (Phi) is 2.83. The summed E-state index contributed by atoms with van der Waals surface area (Å²) < 4.78 is 0. The second-order valence-corrected chi connectivity index (χ2v) is 4.94. The van der Waals surface area contributed by atoms with Gasteiger partial charge in [0.1, 0.15) is 0 Å². The van der Waals surface area contributed by atoms with Gasteiger partial charge in [-0.3, -0.25) is 0 Å². The van der Waals surface area contributed by atoms with Crippen molar-refractivity contribution in [1.29, 1.82) is 0 Å². The standard InChI is InChI=1S/C14H21N/c1-4-11-13(8-14(11)15)12-6-5-9(2)7-10(12)3/h5-7,11,13-14H,4,8,15H2,1-3H3. The van der Waals surface area contributed by atoms with Crippen LogP contribution in [-0.2, 0) is 0 Å². The van der Waals surface area contributed by atoms with E-state index in [-0.39, 0.29) is 0 Å². The Balaban J connectivity index is 2.23. The van der Waals surface area contributed by atoms with E-state index >= 15 is 0 Å². The molecule has 82 valence electrons. The second kappa shape index (κ2) is 3.97. The monoisotopic (exact) mass is 203 g/mol. The van der Waals surface area contributed by atoms with Crippen molar-refractivity contribution >= 4 is 0 Å². The Morgan fingerprint density at radius 2 is 2.07 bits per heavy atom. The van der Waals surface area contributed by atoms with Crippen molar-refractivity contribution < 1.29 is 0 Å². The van der Waals surface area contributed by atoms with Gasteiger partial charge < -0.3 is 5.73 Å². The lowest BCUT2D eigenvalue weighted by Gasteiger charge is -2.43. The fourth-order valence-corrected chi connectivity index (χ4v) is 2.93. The first-order valence-corrected chi connectivity index (χ1v) is 5.96. The molecule has 0 spiro atoms. The molecular weight excluding hydrogens is 182 g/mol. The molecule has 1 aromatic rings. The molecule has 0 radical (unpaired) electrons. The van der Waals surface area contributed by atoms with Crippen molar-refractivity contribution in [2.45, 2.75) is 45.6 Å². The molecule has 0 aliphatic heterocycles. The van der Waals surface area contributed by atoms with Crippen LogP contribution in [0.4, 0.5) is 0 Å². The average molecular weight is 203 g/mol. The van der Waals surface area contributed by atoms with Crippen molar-refractivity contribution in [2.24, 2.45) is 11.7 Å². The highest BCUT2D eigenvalue weighted by molar-refractivity contribution is 5.35. The van der Waals surface area contributed by atoms with Gasteiger partial charge in [0, 0.05) is 6.04 Å². The third-order valence-electron chi connectivity index (χ3n) is 3.89. The van der Waals surface area contributed by atoms with Crippen molar-refractivity contribution in [1.82, 2.24) is 0 Å². The quantitative estimate of drug-likeness (QED) is 0.785. The molecule has 1 saturated carbocycles. The zero-order chi connectivity index (χ0) is 11.0. The predicted octanol–water partition coefficient (Wildman–Crippen LogP) is 3.14. The number of nitrogens with two attached hydrogens (primary N) is 1. The van der Waals surface area contributed by atoms with E-state index in [1.54, 1.807) is 0 Å². The lowest BCUT2D eigenvalue weighted by atomic mass is 9.64. The van der Waals surface area contributed by atoms with E-state index in [1.165, 1.54) is 29.5 Å². The summed E-state index contributed by atoms with van der Waals surface area (Å²) in [5, 5.41) is 0. The summed E-state index contributed by atoms with van der Waals surface area (Å²) in [5.41, 5.74) is 10.4. The molecule has 1 aliphatic rings. The zero-order valence-corrected chi connectivity index (χ0v) is 9.96. The maximum Gasteiger partial charge on any atom is 0.00788 e. The molecule has 0 heterocycles. The Morgan fingerprint density at radius 3 is 2.60 bits per heavy atom. The van der Waals surface area contributed by atoms with Gasteiger partial charge in [0.05, 0.1) is 0 Å². The van der Waals surface area contributed by atoms with Crippen molar-refractivity contribution in [3.05, 3.63) is 34.9 Å². The van der Waals surface area contributed by atoms with Crippen LogP contribution in [0.15, 0.2) is 18.2 Å². The molecule has 1 nitrogen and oxygen atoms in total. The molecule has 15 heavy (non-hydrogen) atoms. The average Bonchev–Trinajstić information content (AvgIpc) is 2.16. The van der Waals surface area contributed by atoms with Crippen LogP contribution in [0.3, 0.4) is 0 Å². The van der Waals surface area contributed by atoms with Crippen LogP contribution >= 0.6 is 0 Å². The van der Waals surface area contributed by atoms with Crippen LogP contribution in [0, 0.1) is 19.8 Å². The Morgan fingerprint density at radius 1 is 1.33 bits per heavy atom. The Bertz CT molecular complexity index is 356. The van der Waals surface area contributed by atoms with Crippen LogP contribution in [0.2, 0.25) is 0 Å². The Labute approximate surface area is 92.7 Å². The molecule has 0 amide bonds. The minimum Gasteiger partial charge on any atom is -0.327 e. The highest BCUT2D eigenvalue weighted by Crippen LogP contribution is 2.44. The van der Waals surface area contributed by atoms with Gasteiger partial charge in [-0.05, 0) is 43.2 Å². The SMILES string of the molecule is CCC1C(N)CC1c1ccc(C)cc1C. The number of rotatable bonds is 2. The minimum absolute atomic E-state index is 0.431. The van der Waals surface area contributed by atoms with Crippen molar-refractivity contribution in [2.75, 3.05) is 0 Å². The molecule has 3 atom stereocenters. The molecule has 0 bridgehead atoms.